The van der Waals surface area contributed by atoms with Gasteiger partial charge in [-0.05, 0) is 74.4 Å². The predicted molar refractivity (Wildman–Crippen MR) is 96.6 cm³/mol. The van der Waals surface area contributed by atoms with Crippen LogP contribution in [0, 0.1) is 20.8 Å². The lowest BCUT2D eigenvalue weighted by Gasteiger charge is -2.23. The van der Waals surface area contributed by atoms with Crippen molar-refractivity contribution in [3.8, 4) is 0 Å². The summed E-state index contributed by atoms with van der Waals surface area (Å²) >= 11 is 0. The molecule has 0 saturated heterocycles. The van der Waals surface area contributed by atoms with Crippen LogP contribution < -0.4 is 0 Å². The van der Waals surface area contributed by atoms with Crippen molar-refractivity contribution in [3.05, 3.63) is 52.3 Å². The van der Waals surface area contributed by atoms with Crippen molar-refractivity contribution < 1.29 is 4.21 Å². The molecule has 4 nitrogen and oxygen atoms in total. The molecule has 2 heterocycles. The maximum atomic E-state index is 13.2. The molecule has 2 aromatic heterocycles. The van der Waals surface area contributed by atoms with Crippen LogP contribution in [0.5, 0.6) is 0 Å². The van der Waals surface area contributed by atoms with E-state index in [9.17, 15) is 4.21 Å². The Bertz CT molecular complexity index is 922. The third-order valence-electron chi connectivity index (χ3n) is 4.88. The summed E-state index contributed by atoms with van der Waals surface area (Å²) < 4.78 is 13.2. The number of imidazole rings is 1. The first-order valence-corrected chi connectivity index (χ1v) is 9.57. The van der Waals surface area contributed by atoms with Crippen molar-refractivity contribution >= 4 is 21.8 Å². The molecule has 0 amide bonds. The molecule has 5 heteroatoms. The number of aromatic nitrogens is 3. The quantitative estimate of drug-likeness (QED) is 0.766. The number of aryl methyl sites for hydroxylation is 4. The van der Waals surface area contributed by atoms with Gasteiger partial charge in [-0.15, -0.1) is 0 Å². The lowest BCUT2D eigenvalue weighted by molar-refractivity contribution is 0.614. The summed E-state index contributed by atoms with van der Waals surface area (Å²) in [6.45, 7) is 6.21. The molecule has 2 atom stereocenters. The van der Waals surface area contributed by atoms with Crippen LogP contribution in [0.2, 0.25) is 0 Å². The number of H-pyrrole nitrogens is 1. The van der Waals surface area contributed by atoms with Gasteiger partial charge in [0.1, 0.15) is 0 Å². The molecule has 0 spiro atoms. The minimum Gasteiger partial charge on any atom is -0.331 e. The minimum atomic E-state index is -1.21. The normalized spacial score (nSPS) is 18.5. The van der Waals surface area contributed by atoms with Crippen LogP contribution in [0.25, 0.3) is 11.0 Å². The molecule has 1 aliphatic carbocycles. The van der Waals surface area contributed by atoms with Crippen LogP contribution >= 0.6 is 0 Å². The second kappa shape index (κ2) is 5.81. The van der Waals surface area contributed by atoms with Gasteiger partial charge in [0.25, 0.3) is 0 Å². The third-order valence-corrected chi connectivity index (χ3v) is 6.43. The number of rotatable bonds is 2. The van der Waals surface area contributed by atoms with Crippen LogP contribution in [0.1, 0.15) is 46.0 Å². The molecule has 3 aromatic rings. The Kier molecular flexibility index (Phi) is 3.76. The standard InChI is InChI=1S/C19H21N3OS/c1-11-7-14-5-4-6-17(18(14)20-10-11)24(23)19-21-15-8-12(2)13(3)9-16(15)22-19/h7-10,17H,4-6H2,1-3H3,(H,21,22). The fourth-order valence-corrected chi connectivity index (χ4v) is 4.89. The van der Waals surface area contributed by atoms with E-state index < -0.39 is 10.8 Å². The Morgan fingerprint density at radius 2 is 1.96 bits per heavy atom. The summed E-state index contributed by atoms with van der Waals surface area (Å²) in [5, 5.41) is 0.493. The van der Waals surface area contributed by atoms with Crippen LogP contribution in [0.15, 0.2) is 29.6 Å². The molecule has 1 N–H and O–H groups in total. The van der Waals surface area contributed by atoms with E-state index >= 15 is 0 Å². The Balaban J connectivity index is 1.75. The molecule has 4 rings (SSSR count). The van der Waals surface area contributed by atoms with E-state index in [4.69, 9.17) is 0 Å². The summed E-state index contributed by atoms with van der Waals surface area (Å²) in [6, 6.07) is 6.31. The molecule has 1 aliphatic rings. The molecule has 0 fully saturated rings. The molecular weight excluding hydrogens is 318 g/mol. The average Bonchev–Trinajstić information content (AvgIpc) is 2.96. The van der Waals surface area contributed by atoms with Gasteiger partial charge >= 0.3 is 0 Å². The van der Waals surface area contributed by atoms with Crippen LogP contribution in [0.4, 0.5) is 0 Å². The van der Waals surface area contributed by atoms with Gasteiger partial charge in [0.15, 0.2) is 5.16 Å². The van der Waals surface area contributed by atoms with E-state index in [0.29, 0.717) is 5.16 Å². The van der Waals surface area contributed by atoms with E-state index in [-0.39, 0.29) is 5.25 Å². The predicted octanol–water partition coefficient (Wildman–Crippen LogP) is 4.07. The van der Waals surface area contributed by atoms with E-state index in [1.807, 2.05) is 6.20 Å². The van der Waals surface area contributed by atoms with Gasteiger partial charge in [-0.3, -0.25) is 9.19 Å². The number of hydrogen-bond acceptors (Lipinski definition) is 3. The first-order valence-electron chi connectivity index (χ1n) is 8.36. The first-order chi connectivity index (χ1) is 11.5. The van der Waals surface area contributed by atoms with E-state index in [0.717, 1.165) is 41.6 Å². The Hall–Kier alpha value is -2.01. The van der Waals surface area contributed by atoms with Gasteiger partial charge in [0.05, 0.1) is 32.8 Å². The average molecular weight is 339 g/mol. The fourth-order valence-electron chi connectivity index (χ4n) is 3.43. The van der Waals surface area contributed by atoms with Gasteiger partial charge in [-0.1, -0.05) is 6.07 Å². The summed E-state index contributed by atoms with van der Waals surface area (Å²) in [4.78, 5) is 12.5. The molecule has 1 aromatic carbocycles. The Labute approximate surface area is 144 Å². The van der Waals surface area contributed by atoms with Crippen molar-refractivity contribution in [2.24, 2.45) is 0 Å². The Morgan fingerprint density at radius 3 is 2.79 bits per heavy atom. The molecule has 24 heavy (non-hydrogen) atoms. The highest BCUT2D eigenvalue weighted by atomic mass is 32.2. The van der Waals surface area contributed by atoms with E-state index in [2.05, 4.69) is 53.9 Å². The molecule has 0 saturated carbocycles. The van der Waals surface area contributed by atoms with Crippen LogP contribution in [0.3, 0.4) is 0 Å². The fraction of sp³-hybridized carbons (Fsp3) is 0.368. The zero-order chi connectivity index (χ0) is 16.8. The van der Waals surface area contributed by atoms with Gasteiger partial charge < -0.3 is 4.98 Å². The molecule has 124 valence electrons. The molecule has 0 bridgehead atoms. The zero-order valence-electron chi connectivity index (χ0n) is 14.2. The molecule has 2 unspecified atom stereocenters. The minimum absolute atomic E-state index is 0.0721. The number of fused-ring (bicyclic) bond motifs is 2. The second-order valence-electron chi connectivity index (χ2n) is 6.73. The van der Waals surface area contributed by atoms with Crippen LogP contribution in [-0.4, -0.2) is 19.2 Å². The number of pyridine rings is 1. The highest BCUT2D eigenvalue weighted by Gasteiger charge is 2.29. The topological polar surface area (TPSA) is 58.6 Å². The van der Waals surface area contributed by atoms with Gasteiger partial charge in [-0.25, -0.2) is 4.98 Å². The second-order valence-corrected chi connectivity index (χ2v) is 8.28. The molecule has 0 aliphatic heterocycles. The monoisotopic (exact) mass is 339 g/mol. The number of benzene rings is 1. The van der Waals surface area contributed by atoms with Gasteiger partial charge in [-0.2, -0.15) is 0 Å². The molecule has 0 radical (unpaired) electrons. The van der Waals surface area contributed by atoms with Crippen molar-refractivity contribution in [1.82, 2.24) is 15.0 Å². The maximum absolute atomic E-state index is 13.2. The summed E-state index contributed by atoms with van der Waals surface area (Å²) in [7, 11) is -1.21. The van der Waals surface area contributed by atoms with Crippen molar-refractivity contribution in [1.29, 1.82) is 0 Å². The smallest absolute Gasteiger partial charge is 0.198 e. The first kappa shape index (κ1) is 15.5. The van der Waals surface area contributed by atoms with Crippen LogP contribution in [-0.2, 0) is 17.2 Å². The highest BCUT2D eigenvalue weighted by molar-refractivity contribution is 7.85. The lowest BCUT2D eigenvalue weighted by Crippen LogP contribution is -2.17. The SMILES string of the molecule is Cc1cnc2c(c1)CCCC2S(=O)c1nc2cc(C)c(C)cc2[nH]1. The number of hydrogen-bond donors (Lipinski definition) is 1. The van der Waals surface area contributed by atoms with Crippen molar-refractivity contribution in [2.75, 3.05) is 0 Å². The number of aromatic amines is 1. The number of nitrogens with one attached hydrogen (secondary N) is 1. The zero-order valence-corrected chi connectivity index (χ0v) is 15.0. The third kappa shape index (κ3) is 2.57. The van der Waals surface area contributed by atoms with Crippen molar-refractivity contribution in [2.45, 2.75) is 50.4 Å². The summed E-state index contributed by atoms with van der Waals surface area (Å²) in [5.41, 5.74) is 7.63. The van der Waals surface area contributed by atoms with E-state index in [1.54, 1.807) is 0 Å². The largest absolute Gasteiger partial charge is 0.331 e. The number of nitrogens with zero attached hydrogens (tertiary/aromatic N) is 2. The summed E-state index contributed by atoms with van der Waals surface area (Å²) in [5.74, 6) is 0. The van der Waals surface area contributed by atoms with Gasteiger partial charge in [0, 0.05) is 6.20 Å². The Morgan fingerprint density at radius 1 is 1.17 bits per heavy atom. The highest BCUT2D eigenvalue weighted by Crippen LogP contribution is 2.35. The van der Waals surface area contributed by atoms with E-state index in [1.165, 1.54) is 16.7 Å². The van der Waals surface area contributed by atoms with Crippen molar-refractivity contribution in [3.63, 3.8) is 0 Å². The molecular formula is C19H21N3OS. The maximum Gasteiger partial charge on any atom is 0.198 e. The summed E-state index contributed by atoms with van der Waals surface area (Å²) in [6.07, 6.45) is 4.84. The van der Waals surface area contributed by atoms with Gasteiger partial charge in [0.2, 0.25) is 0 Å². The lowest BCUT2D eigenvalue weighted by atomic mass is 9.95.